The molecule has 2 aromatic rings. The third-order valence-corrected chi connectivity index (χ3v) is 6.21. The largest absolute Gasteiger partial charge is 0.493 e. The molecule has 31 heavy (non-hydrogen) atoms. The van der Waals surface area contributed by atoms with E-state index in [-0.39, 0.29) is 30.6 Å². The second-order valence-electron chi connectivity index (χ2n) is 8.72. The van der Waals surface area contributed by atoms with Gasteiger partial charge in [-0.25, -0.2) is 0 Å². The van der Waals surface area contributed by atoms with E-state index in [1.165, 1.54) is 0 Å². The van der Waals surface area contributed by atoms with Crippen molar-refractivity contribution in [1.82, 2.24) is 0 Å². The monoisotopic (exact) mass is 424 g/mol. The lowest BCUT2D eigenvalue weighted by atomic mass is 9.97. The van der Waals surface area contributed by atoms with Gasteiger partial charge in [0.05, 0.1) is 37.0 Å². The summed E-state index contributed by atoms with van der Waals surface area (Å²) in [5.41, 5.74) is 4.18. The Labute approximate surface area is 181 Å². The first-order valence-corrected chi connectivity index (χ1v) is 10.9. The van der Waals surface area contributed by atoms with Gasteiger partial charge in [0.1, 0.15) is 18.1 Å². The fourth-order valence-corrected chi connectivity index (χ4v) is 4.92. The van der Waals surface area contributed by atoms with Gasteiger partial charge >= 0.3 is 5.97 Å². The zero-order valence-electron chi connectivity index (χ0n) is 17.8. The Morgan fingerprint density at radius 3 is 2.68 bits per heavy atom. The predicted octanol–water partition coefficient (Wildman–Crippen LogP) is 3.80. The average Bonchev–Trinajstić information content (AvgIpc) is 3.31. The number of benzene rings is 2. The maximum absolute atomic E-state index is 11.1. The quantitative estimate of drug-likeness (QED) is 0.756. The second kappa shape index (κ2) is 7.96. The molecule has 2 aromatic carbocycles. The predicted molar refractivity (Wildman–Crippen MR) is 117 cm³/mol. The van der Waals surface area contributed by atoms with Crippen LogP contribution in [0.4, 0.5) is 11.4 Å². The summed E-state index contributed by atoms with van der Waals surface area (Å²) in [6.07, 6.45) is 0.461. The highest BCUT2D eigenvalue weighted by molar-refractivity contribution is 5.69. The number of hydrogen-bond acceptors (Lipinski definition) is 6. The molecule has 1 fully saturated rings. The summed E-state index contributed by atoms with van der Waals surface area (Å²) in [5.74, 6) is 0.821. The van der Waals surface area contributed by atoms with Crippen LogP contribution in [0.3, 0.4) is 0 Å². The number of morpholine rings is 1. The van der Waals surface area contributed by atoms with Crippen molar-refractivity contribution in [2.45, 2.75) is 44.4 Å². The molecule has 7 nitrogen and oxygen atoms in total. The number of carboxylic acid groups (broad SMARTS) is 1. The van der Waals surface area contributed by atoms with Gasteiger partial charge in [-0.3, -0.25) is 4.79 Å². The van der Waals surface area contributed by atoms with Crippen molar-refractivity contribution >= 4 is 17.3 Å². The molecule has 0 bridgehead atoms. The van der Waals surface area contributed by atoms with Gasteiger partial charge < -0.3 is 29.5 Å². The molecule has 0 spiro atoms. The Bertz CT molecular complexity index is 984. The van der Waals surface area contributed by atoms with Crippen LogP contribution >= 0.6 is 0 Å². The van der Waals surface area contributed by atoms with Crippen molar-refractivity contribution in [1.29, 1.82) is 0 Å². The summed E-state index contributed by atoms with van der Waals surface area (Å²) in [4.78, 5) is 13.4. The molecule has 4 atom stereocenters. The van der Waals surface area contributed by atoms with E-state index in [4.69, 9.17) is 19.3 Å². The summed E-state index contributed by atoms with van der Waals surface area (Å²) < 4.78 is 17.8. The Hall–Kier alpha value is -2.93. The third kappa shape index (κ3) is 3.90. The van der Waals surface area contributed by atoms with Crippen LogP contribution in [0.1, 0.15) is 43.4 Å². The minimum absolute atomic E-state index is 0.0418. The van der Waals surface area contributed by atoms with Crippen LogP contribution in [-0.2, 0) is 9.53 Å². The number of carboxylic acids is 1. The van der Waals surface area contributed by atoms with Gasteiger partial charge in [-0.05, 0) is 26.0 Å². The zero-order valence-corrected chi connectivity index (χ0v) is 17.8. The van der Waals surface area contributed by atoms with Crippen LogP contribution in [0.2, 0.25) is 0 Å². The molecule has 3 aliphatic heterocycles. The summed E-state index contributed by atoms with van der Waals surface area (Å²) in [5, 5.41) is 12.7. The van der Waals surface area contributed by atoms with E-state index in [0.29, 0.717) is 13.2 Å². The van der Waals surface area contributed by atoms with E-state index < -0.39 is 5.97 Å². The van der Waals surface area contributed by atoms with E-state index in [1.54, 1.807) is 0 Å². The normalized spacial score (nSPS) is 26.6. The van der Waals surface area contributed by atoms with Gasteiger partial charge in [0, 0.05) is 41.9 Å². The molecule has 4 unspecified atom stereocenters. The Balaban J connectivity index is 1.34. The van der Waals surface area contributed by atoms with Crippen LogP contribution in [0.5, 0.6) is 11.5 Å². The highest BCUT2D eigenvalue weighted by atomic mass is 16.5. The lowest BCUT2D eigenvalue weighted by Gasteiger charge is -2.37. The summed E-state index contributed by atoms with van der Waals surface area (Å²) >= 11 is 0. The second-order valence-corrected chi connectivity index (χ2v) is 8.72. The van der Waals surface area contributed by atoms with E-state index in [9.17, 15) is 4.79 Å². The zero-order chi connectivity index (χ0) is 21.5. The van der Waals surface area contributed by atoms with Crippen LogP contribution in [0.25, 0.3) is 0 Å². The SMILES string of the molecule is CC1CN(c2cccc3c2OCC3Nc2ccc3c(c2)OCC3CC(=O)O)CC(C)O1. The Morgan fingerprint density at radius 2 is 1.90 bits per heavy atom. The lowest BCUT2D eigenvalue weighted by Crippen LogP contribution is -2.45. The number of fused-ring (bicyclic) bond motifs is 2. The van der Waals surface area contributed by atoms with Crippen molar-refractivity contribution in [3.8, 4) is 11.5 Å². The first-order valence-electron chi connectivity index (χ1n) is 10.9. The number of aliphatic carboxylic acids is 1. The van der Waals surface area contributed by atoms with Crippen molar-refractivity contribution in [2.24, 2.45) is 0 Å². The van der Waals surface area contributed by atoms with Crippen LogP contribution in [0, 0.1) is 0 Å². The van der Waals surface area contributed by atoms with Gasteiger partial charge in [0.2, 0.25) is 0 Å². The smallest absolute Gasteiger partial charge is 0.304 e. The summed E-state index contributed by atoms with van der Waals surface area (Å²) in [6.45, 7) is 6.88. The Kier molecular flexibility index (Phi) is 5.14. The highest BCUT2D eigenvalue weighted by Crippen LogP contribution is 2.43. The number of nitrogens with one attached hydrogen (secondary N) is 1. The fraction of sp³-hybridized carbons (Fsp3) is 0.458. The van der Waals surface area contributed by atoms with Crippen LogP contribution in [-0.4, -0.2) is 49.6 Å². The maximum Gasteiger partial charge on any atom is 0.304 e. The first kappa shape index (κ1) is 20.0. The van der Waals surface area contributed by atoms with Crippen molar-refractivity contribution in [2.75, 3.05) is 36.5 Å². The molecule has 0 amide bonds. The number of anilines is 2. The fourth-order valence-electron chi connectivity index (χ4n) is 4.92. The number of nitrogens with zero attached hydrogens (tertiary/aromatic N) is 1. The molecular weight excluding hydrogens is 396 g/mol. The van der Waals surface area contributed by atoms with E-state index in [0.717, 1.165) is 47.1 Å². The van der Waals surface area contributed by atoms with Crippen molar-refractivity contribution in [3.05, 3.63) is 47.5 Å². The van der Waals surface area contributed by atoms with Crippen molar-refractivity contribution < 1.29 is 24.1 Å². The van der Waals surface area contributed by atoms with E-state index in [2.05, 4.69) is 42.3 Å². The number of ether oxygens (including phenoxy) is 3. The van der Waals surface area contributed by atoms with Crippen molar-refractivity contribution in [3.63, 3.8) is 0 Å². The highest BCUT2D eigenvalue weighted by Gasteiger charge is 2.32. The molecule has 7 heteroatoms. The molecule has 0 radical (unpaired) electrons. The molecule has 3 heterocycles. The molecule has 5 rings (SSSR count). The number of para-hydroxylation sites is 1. The summed E-state index contributed by atoms with van der Waals surface area (Å²) in [7, 11) is 0. The van der Waals surface area contributed by atoms with Gasteiger partial charge in [-0.15, -0.1) is 0 Å². The van der Waals surface area contributed by atoms with Gasteiger partial charge in [0.15, 0.2) is 0 Å². The molecule has 1 saturated heterocycles. The van der Waals surface area contributed by atoms with E-state index >= 15 is 0 Å². The van der Waals surface area contributed by atoms with Gasteiger partial charge in [-0.1, -0.05) is 18.2 Å². The third-order valence-electron chi connectivity index (χ3n) is 6.21. The number of carbonyl (C=O) groups is 1. The lowest BCUT2D eigenvalue weighted by molar-refractivity contribution is -0.137. The van der Waals surface area contributed by atoms with Gasteiger partial charge in [-0.2, -0.15) is 0 Å². The molecular formula is C24H28N2O5. The van der Waals surface area contributed by atoms with Gasteiger partial charge in [0.25, 0.3) is 0 Å². The molecule has 164 valence electrons. The minimum atomic E-state index is -0.803. The molecule has 0 aliphatic carbocycles. The average molecular weight is 424 g/mol. The summed E-state index contributed by atoms with van der Waals surface area (Å²) in [6, 6.07) is 12.3. The Morgan fingerprint density at radius 1 is 1.10 bits per heavy atom. The molecule has 2 N–H and O–H groups in total. The number of hydrogen-bond donors (Lipinski definition) is 2. The first-order chi connectivity index (χ1) is 15.0. The standard InChI is InChI=1S/C24H28N2O5/c1-14-10-26(11-15(2)31-14)21-5-3-4-19-20(13-30-24(19)21)25-17-6-7-18-16(8-23(27)28)12-29-22(18)9-17/h3-7,9,14-16,20,25H,8,10-13H2,1-2H3,(H,27,28). The van der Waals surface area contributed by atoms with Crippen LogP contribution in [0.15, 0.2) is 36.4 Å². The molecule has 3 aliphatic rings. The minimum Gasteiger partial charge on any atom is -0.493 e. The van der Waals surface area contributed by atoms with Crippen LogP contribution < -0.4 is 19.7 Å². The molecule has 0 aromatic heterocycles. The topological polar surface area (TPSA) is 80.3 Å². The molecule has 0 saturated carbocycles. The maximum atomic E-state index is 11.1. The number of rotatable bonds is 5. The van der Waals surface area contributed by atoms with E-state index in [1.807, 2.05) is 18.2 Å².